The molecule has 26 heavy (non-hydrogen) atoms. The molecule has 0 saturated heterocycles. The third-order valence-corrected chi connectivity index (χ3v) is 4.85. The highest BCUT2D eigenvalue weighted by atomic mass is 32.1. The zero-order valence-corrected chi connectivity index (χ0v) is 14.7. The Morgan fingerprint density at radius 2 is 2.08 bits per heavy atom. The topological polar surface area (TPSA) is 80.3 Å². The Balaban J connectivity index is 1.55. The van der Waals surface area contributed by atoms with Crippen molar-refractivity contribution in [1.29, 1.82) is 0 Å². The van der Waals surface area contributed by atoms with Gasteiger partial charge in [-0.3, -0.25) is 9.59 Å². The molecule has 6 nitrogen and oxygen atoms in total. The Bertz CT molecular complexity index is 1010. The largest absolute Gasteiger partial charge is 0.454 e. The molecule has 1 aliphatic rings. The van der Waals surface area contributed by atoms with Gasteiger partial charge in [-0.05, 0) is 37.3 Å². The lowest BCUT2D eigenvalue weighted by Crippen LogP contribution is -2.22. The van der Waals surface area contributed by atoms with Crippen LogP contribution >= 0.6 is 11.3 Å². The normalized spacial score (nSPS) is 12.3. The lowest BCUT2D eigenvalue weighted by Gasteiger charge is -2.10. The van der Waals surface area contributed by atoms with Gasteiger partial charge in [-0.2, -0.15) is 0 Å². The number of ether oxygens (including phenoxy) is 1. The van der Waals surface area contributed by atoms with Crippen LogP contribution in [0.2, 0.25) is 0 Å². The number of hydrogen-bond donors (Lipinski definition) is 2. The summed E-state index contributed by atoms with van der Waals surface area (Å²) in [7, 11) is 0. The summed E-state index contributed by atoms with van der Waals surface area (Å²) in [6, 6.07) is 12.0. The minimum atomic E-state index is -0.267. The summed E-state index contributed by atoms with van der Waals surface area (Å²) in [6.07, 6.45) is 1.75. The standard InChI is InChI=1S/C19H15N3O3S/c1-11-20-9-13(26-11)10-21-18(23)12-6-7-17-15(8-12)22-19(24)14-4-2-3-5-16(14)25-17/h2-9H,10H2,1H3,(H,21,23)(H,22,24). The van der Waals surface area contributed by atoms with E-state index in [1.165, 1.54) is 0 Å². The molecule has 2 N–H and O–H groups in total. The Morgan fingerprint density at radius 1 is 1.23 bits per heavy atom. The lowest BCUT2D eigenvalue weighted by atomic mass is 10.1. The number of aromatic nitrogens is 1. The average Bonchev–Trinajstić information content (AvgIpc) is 3.00. The number of anilines is 1. The summed E-state index contributed by atoms with van der Waals surface area (Å²) < 4.78 is 5.82. The fourth-order valence-electron chi connectivity index (χ4n) is 2.67. The molecule has 0 radical (unpaired) electrons. The molecule has 130 valence electrons. The van der Waals surface area contributed by atoms with Crippen LogP contribution in [0.15, 0.2) is 48.7 Å². The van der Waals surface area contributed by atoms with Crippen LogP contribution in [0.1, 0.15) is 30.6 Å². The van der Waals surface area contributed by atoms with Gasteiger partial charge in [-0.15, -0.1) is 11.3 Å². The van der Waals surface area contributed by atoms with E-state index in [1.54, 1.807) is 60.0 Å². The maximum atomic E-state index is 12.4. The first-order valence-electron chi connectivity index (χ1n) is 8.02. The number of fused-ring (bicyclic) bond motifs is 2. The van der Waals surface area contributed by atoms with Crippen molar-refractivity contribution in [3.05, 3.63) is 69.7 Å². The van der Waals surface area contributed by atoms with E-state index in [9.17, 15) is 9.59 Å². The van der Waals surface area contributed by atoms with E-state index in [1.807, 2.05) is 6.92 Å². The SMILES string of the molecule is Cc1ncc(CNC(=O)c2ccc3c(c2)NC(=O)c2ccccc2O3)s1. The van der Waals surface area contributed by atoms with Crippen LogP contribution in [0.5, 0.6) is 11.5 Å². The number of rotatable bonds is 3. The van der Waals surface area contributed by atoms with E-state index >= 15 is 0 Å². The first-order chi connectivity index (χ1) is 12.6. The molecule has 2 heterocycles. The maximum absolute atomic E-state index is 12.4. The van der Waals surface area contributed by atoms with Crippen LogP contribution in [0.25, 0.3) is 0 Å². The molecule has 0 fully saturated rings. The van der Waals surface area contributed by atoms with Gasteiger partial charge in [0.1, 0.15) is 5.75 Å². The molecule has 0 aliphatic carbocycles. The Hall–Kier alpha value is -3.19. The molecule has 0 spiro atoms. The smallest absolute Gasteiger partial charge is 0.259 e. The summed E-state index contributed by atoms with van der Waals surface area (Å²) in [4.78, 5) is 29.9. The number of hydrogen-bond acceptors (Lipinski definition) is 5. The van der Waals surface area contributed by atoms with E-state index in [0.717, 1.165) is 9.88 Å². The highest BCUT2D eigenvalue weighted by molar-refractivity contribution is 7.11. The van der Waals surface area contributed by atoms with Crippen molar-refractivity contribution >= 4 is 28.8 Å². The molecule has 0 unspecified atom stereocenters. The van der Waals surface area contributed by atoms with Gasteiger partial charge in [-0.1, -0.05) is 12.1 Å². The Morgan fingerprint density at radius 3 is 2.88 bits per heavy atom. The number of carbonyl (C=O) groups is 2. The van der Waals surface area contributed by atoms with Gasteiger partial charge >= 0.3 is 0 Å². The number of amides is 2. The molecule has 2 aromatic carbocycles. The molecule has 4 rings (SSSR count). The average molecular weight is 365 g/mol. The molecule has 7 heteroatoms. The Labute approximate surface area is 153 Å². The van der Waals surface area contributed by atoms with Gasteiger partial charge in [-0.25, -0.2) is 4.98 Å². The van der Waals surface area contributed by atoms with Crippen LogP contribution in [0, 0.1) is 6.92 Å². The van der Waals surface area contributed by atoms with Crippen molar-refractivity contribution in [2.75, 3.05) is 5.32 Å². The number of carbonyl (C=O) groups excluding carboxylic acids is 2. The molecule has 2 amide bonds. The van der Waals surface area contributed by atoms with Crippen molar-refractivity contribution in [3.63, 3.8) is 0 Å². The Kier molecular flexibility index (Phi) is 4.14. The fourth-order valence-corrected chi connectivity index (χ4v) is 3.40. The van der Waals surface area contributed by atoms with Gasteiger partial charge in [0.05, 0.1) is 22.8 Å². The zero-order valence-electron chi connectivity index (χ0n) is 13.9. The predicted molar refractivity (Wildman–Crippen MR) is 98.9 cm³/mol. The second-order valence-corrected chi connectivity index (χ2v) is 7.11. The molecule has 0 atom stereocenters. The molecular weight excluding hydrogens is 350 g/mol. The lowest BCUT2D eigenvalue weighted by molar-refractivity contribution is 0.0950. The number of aryl methyl sites for hydroxylation is 1. The third-order valence-electron chi connectivity index (χ3n) is 3.93. The van der Waals surface area contributed by atoms with E-state index in [-0.39, 0.29) is 11.8 Å². The van der Waals surface area contributed by atoms with Gasteiger partial charge in [0.15, 0.2) is 5.75 Å². The van der Waals surface area contributed by atoms with Gasteiger partial charge in [0.2, 0.25) is 0 Å². The second kappa shape index (κ2) is 6.61. The summed E-state index contributed by atoms with van der Waals surface area (Å²) in [5.41, 5.74) is 1.36. The van der Waals surface area contributed by atoms with Gasteiger partial charge in [0.25, 0.3) is 11.8 Å². The highest BCUT2D eigenvalue weighted by Crippen LogP contribution is 2.35. The summed E-state index contributed by atoms with van der Waals surface area (Å²) >= 11 is 1.54. The van der Waals surface area contributed by atoms with E-state index in [4.69, 9.17) is 4.74 Å². The van der Waals surface area contributed by atoms with E-state index < -0.39 is 0 Å². The van der Waals surface area contributed by atoms with Crippen LogP contribution in [-0.2, 0) is 6.54 Å². The van der Waals surface area contributed by atoms with Gasteiger partial charge < -0.3 is 15.4 Å². The summed E-state index contributed by atoms with van der Waals surface area (Å²) in [5, 5.41) is 6.61. The van der Waals surface area contributed by atoms with Crippen molar-refractivity contribution in [2.24, 2.45) is 0 Å². The minimum Gasteiger partial charge on any atom is -0.454 e. The number of nitrogens with zero attached hydrogens (tertiary/aromatic N) is 1. The van der Waals surface area contributed by atoms with Gasteiger partial charge in [0, 0.05) is 16.6 Å². The number of nitrogens with one attached hydrogen (secondary N) is 2. The van der Waals surface area contributed by atoms with Crippen molar-refractivity contribution in [3.8, 4) is 11.5 Å². The molecule has 1 aromatic heterocycles. The maximum Gasteiger partial charge on any atom is 0.259 e. The first kappa shape index (κ1) is 16.3. The van der Waals surface area contributed by atoms with E-state index in [0.29, 0.717) is 34.9 Å². The van der Waals surface area contributed by atoms with Crippen LogP contribution < -0.4 is 15.4 Å². The third kappa shape index (κ3) is 3.16. The summed E-state index contributed by atoms with van der Waals surface area (Å²) in [6.45, 7) is 2.33. The zero-order chi connectivity index (χ0) is 18.1. The van der Waals surface area contributed by atoms with Crippen molar-refractivity contribution < 1.29 is 14.3 Å². The summed E-state index contributed by atoms with van der Waals surface area (Å²) in [5.74, 6) is 0.492. The molecule has 0 saturated carbocycles. The van der Waals surface area contributed by atoms with Crippen molar-refractivity contribution in [2.45, 2.75) is 13.5 Å². The number of benzene rings is 2. The predicted octanol–water partition coefficient (Wildman–Crippen LogP) is 3.74. The fraction of sp³-hybridized carbons (Fsp3) is 0.105. The first-order valence-corrected chi connectivity index (χ1v) is 8.83. The second-order valence-electron chi connectivity index (χ2n) is 5.79. The molecule has 3 aromatic rings. The van der Waals surface area contributed by atoms with Crippen LogP contribution in [0.3, 0.4) is 0 Å². The highest BCUT2D eigenvalue weighted by Gasteiger charge is 2.21. The quantitative estimate of drug-likeness (QED) is 0.741. The van der Waals surface area contributed by atoms with Crippen molar-refractivity contribution in [1.82, 2.24) is 10.3 Å². The van der Waals surface area contributed by atoms with Crippen LogP contribution in [0.4, 0.5) is 5.69 Å². The van der Waals surface area contributed by atoms with E-state index in [2.05, 4.69) is 15.6 Å². The molecular formula is C19H15N3O3S. The number of para-hydroxylation sites is 1. The minimum absolute atomic E-state index is 0.227. The monoisotopic (exact) mass is 365 g/mol. The van der Waals surface area contributed by atoms with Crippen LogP contribution in [-0.4, -0.2) is 16.8 Å². The molecule has 1 aliphatic heterocycles. The number of thiazole rings is 1. The molecule has 0 bridgehead atoms.